The minimum atomic E-state index is -0.366. The standard InChI is InChI=1S/C36H42N4O6/c1-22(41)38-28-14-11-24-19-32(44-3)35(45-4)36(46-5)34(24)26-13-15-29(31(42)21-27(26)28)37-17-8-6-7-9-33(43)39-25-12-10-23-16-18-40(2)30(23)20-25/h10,12-13,15-16,18-21,28H,6-9,11,14,17H2,1-5H3,(H,37,42)(H,38,41)(H,39,43). The number of unbranched alkanes of at least 4 members (excludes halogenated alkanes) is 2. The van der Waals surface area contributed by atoms with Crippen LogP contribution in [0.5, 0.6) is 17.2 Å². The zero-order chi connectivity index (χ0) is 32.8. The van der Waals surface area contributed by atoms with Crippen molar-refractivity contribution in [2.45, 2.75) is 51.5 Å². The third-order valence-corrected chi connectivity index (χ3v) is 8.48. The molecule has 1 heterocycles. The van der Waals surface area contributed by atoms with E-state index in [-0.39, 0.29) is 23.3 Å². The molecule has 10 nitrogen and oxygen atoms in total. The number of amides is 2. The Hall–Kier alpha value is -4.99. The van der Waals surface area contributed by atoms with Crippen molar-refractivity contribution < 1.29 is 23.8 Å². The SMILES string of the molecule is COc1cc2c(c(OC)c1OC)-c1ccc(NCCCCCC(=O)Nc3ccc4ccn(C)c4c3)c(=O)cc1C(NC(C)=O)CC2. The van der Waals surface area contributed by atoms with Crippen molar-refractivity contribution in [3.8, 4) is 28.4 Å². The number of fused-ring (bicyclic) bond motifs is 4. The molecular formula is C36H42N4O6. The van der Waals surface area contributed by atoms with Gasteiger partial charge in [0.15, 0.2) is 11.5 Å². The highest BCUT2D eigenvalue weighted by Crippen LogP contribution is 2.50. The summed E-state index contributed by atoms with van der Waals surface area (Å²) in [6.07, 6.45) is 6.01. The maximum Gasteiger partial charge on any atom is 0.224 e. The Morgan fingerprint density at radius 3 is 2.48 bits per heavy atom. The zero-order valence-electron chi connectivity index (χ0n) is 27.1. The number of nitrogens with one attached hydrogen (secondary N) is 3. The van der Waals surface area contributed by atoms with Gasteiger partial charge >= 0.3 is 0 Å². The number of carbonyl (C=O) groups is 2. The number of hydrogen-bond acceptors (Lipinski definition) is 7. The highest BCUT2D eigenvalue weighted by molar-refractivity contribution is 5.93. The van der Waals surface area contributed by atoms with Gasteiger partial charge in [-0.1, -0.05) is 18.6 Å². The van der Waals surface area contributed by atoms with Gasteiger partial charge in [-0.25, -0.2) is 0 Å². The van der Waals surface area contributed by atoms with Gasteiger partial charge in [-0.05, 0) is 84.2 Å². The Kier molecular flexibility index (Phi) is 10.1. The van der Waals surface area contributed by atoms with Crippen molar-refractivity contribution in [2.24, 2.45) is 7.05 Å². The second-order valence-electron chi connectivity index (χ2n) is 11.6. The maximum absolute atomic E-state index is 13.5. The molecule has 0 bridgehead atoms. The summed E-state index contributed by atoms with van der Waals surface area (Å²) in [6, 6.07) is 14.8. The molecule has 0 spiro atoms. The zero-order valence-corrected chi connectivity index (χ0v) is 27.1. The lowest BCUT2D eigenvalue weighted by molar-refractivity contribution is -0.119. The van der Waals surface area contributed by atoms with Crippen LogP contribution in [0.25, 0.3) is 22.0 Å². The molecule has 0 saturated heterocycles. The van der Waals surface area contributed by atoms with E-state index in [0.29, 0.717) is 48.7 Å². The number of rotatable bonds is 12. The predicted molar refractivity (Wildman–Crippen MR) is 181 cm³/mol. The summed E-state index contributed by atoms with van der Waals surface area (Å²) < 4.78 is 19.1. The van der Waals surface area contributed by atoms with E-state index in [1.165, 1.54) is 6.92 Å². The van der Waals surface area contributed by atoms with Gasteiger partial charge in [-0.15, -0.1) is 0 Å². The van der Waals surface area contributed by atoms with Crippen molar-refractivity contribution in [3.05, 3.63) is 76.1 Å². The van der Waals surface area contributed by atoms with E-state index in [2.05, 4.69) is 16.0 Å². The van der Waals surface area contributed by atoms with Crippen LogP contribution >= 0.6 is 0 Å². The topological polar surface area (TPSA) is 120 Å². The number of benzene rings is 2. The van der Waals surface area contributed by atoms with Crippen LogP contribution in [0.2, 0.25) is 0 Å². The Balaban J connectivity index is 1.28. The fraction of sp³-hybridized carbons (Fsp3) is 0.361. The van der Waals surface area contributed by atoms with E-state index in [0.717, 1.165) is 58.1 Å². The Bertz CT molecular complexity index is 1820. The van der Waals surface area contributed by atoms with E-state index in [1.54, 1.807) is 33.5 Å². The van der Waals surface area contributed by atoms with Crippen LogP contribution in [0.4, 0.5) is 11.4 Å². The Morgan fingerprint density at radius 1 is 0.935 bits per heavy atom. The normalized spacial score (nSPS) is 13.6. The van der Waals surface area contributed by atoms with E-state index >= 15 is 0 Å². The largest absolute Gasteiger partial charge is 0.493 e. The van der Waals surface area contributed by atoms with Crippen molar-refractivity contribution >= 4 is 34.1 Å². The van der Waals surface area contributed by atoms with Crippen molar-refractivity contribution in [2.75, 3.05) is 38.5 Å². The van der Waals surface area contributed by atoms with Crippen LogP contribution in [0, 0.1) is 0 Å². The molecule has 1 aromatic heterocycles. The Labute approximate surface area is 269 Å². The average molecular weight is 627 g/mol. The molecule has 4 aromatic rings. The van der Waals surface area contributed by atoms with Crippen LogP contribution < -0.4 is 35.6 Å². The minimum absolute atomic E-state index is 0.0152. The number of methoxy groups -OCH3 is 3. The first-order valence-electron chi connectivity index (χ1n) is 15.6. The van der Waals surface area contributed by atoms with Gasteiger partial charge in [0.05, 0.1) is 33.1 Å². The molecule has 5 rings (SSSR count). The lowest BCUT2D eigenvalue weighted by Gasteiger charge is -2.19. The number of hydrogen-bond donors (Lipinski definition) is 3. The molecule has 1 atom stereocenters. The number of aryl methyl sites for hydroxylation is 2. The first-order chi connectivity index (χ1) is 22.2. The lowest BCUT2D eigenvalue weighted by Crippen LogP contribution is -2.26. The van der Waals surface area contributed by atoms with Gasteiger partial charge in [-0.3, -0.25) is 14.4 Å². The van der Waals surface area contributed by atoms with Gasteiger partial charge in [0.25, 0.3) is 0 Å². The van der Waals surface area contributed by atoms with E-state index in [1.807, 2.05) is 54.2 Å². The predicted octanol–water partition coefficient (Wildman–Crippen LogP) is 5.97. The quantitative estimate of drug-likeness (QED) is 0.166. The summed E-state index contributed by atoms with van der Waals surface area (Å²) in [5.41, 5.74) is 5.44. The summed E-state index contributed by atoms with van der Waals surface area (Å²) >= 11 is 0. The monoisotopic (exact) mass is 626 g/mol. The van der Waals surface area contributed by atoms with Gasteiger partial charge in [0, 0.05) is 49.9 Å². The maximum atomic E-state index is 13.5. The van der Waals surface area contributed by atoms with Gasteiger partial charge < -0.3 is 34.7 Å². The van der Waals surface area contributed by atoms with E-state index in [9.17, 15) is 14.4 Å². The fourth-order valence-electron chi connectivity index (χ4n) is 6.23. The minimum Gasteiger partial charge on any atom is -0.493 e. The highest BCUT2D eigenvalue weighted by atomic mass is 16.5. The summed E-state index contributed by atoms with van der Waals surface area (Å²) in [4.78, 5) is 38.2. The third-order valence-electron chi connectivity index (χ3n) is 8.48. The summed E-state index contributed by atoms with van der Waals surface area (Å²) in [7, 11) is 6.70. The number of ether oxygens (including phenoxy) is 3. The third kappa shape index (κ3) is 6.96. The van der Waals surface area contributed by atoms with Crippen LogP contribution in [0.1, 0.15) is 56.2 Å². The van der Waals surface area contributed by atoms with Crippen LogP contribution in [0.3, 0.4) is 0 Å². The molecule has 0 saturated carbocycles. The molecule has 1 aliphatic carbocycles. The summed E-state index contributed by atoms with van der Waals surface area (Å²) in [5.74, 6) is 1.34. The molecule has 0 aliphatic heterocycles. The van der Waals surface area contributed by atoms with Gasteiger partial charge in [0.2, 0.25) is 23.0 Å². The molecule has 0 fully saturated rings. The lowest BCUT2D eigenvalue weighted by atomic mass is 9.95. The molecule has 3 aromatic carbocycles. The molecule has 1 aliphatic rings. The van der Waals surface area contributed by atoms with Crippen molar-refractivity contribution in [1.82, 2.24) is 9.88 Å². The molecule has 3 N–H and O–H groups in total. The van der Waals surface area contributed by atoms with Gasteiger partial charge in [-0.2, -0.15) is 0 Å². The molecule has 242 valence electrons. The number of anilines is 2. The number of carbonyl (C=O) groups excluding carboxylic acids is 2. The summed E-state index contributed by atoms with van der Waals surface area (Å²) in [5, 5.41) is 10.5. The van der Waals surface area contributed by atoms with Crippen LogP contribution in [-0.4, -0.2) is 44.3 Å². The molecule has 10 heteroatoms. The molecule has 0 radical (unpaired) electrons. The first-order valence-corrected chi connectivity index (χ1v) is 15.6. The fourth-order valence-corrected chi connectivity index (χ4v) is 6.23. The molecule has 1 unspecified atom stereocenters. The summed E-state index contributed by atoms with van der Waals surface area (Å²) in [6.45, 7) is 2.06. The van der Waals surface area contributed by atoms with Crippen LogP contribution in [0.15, 0.2) is 59.5 Å². The molecular weight excluding hydrogens is 584 g/mol. The molecule has 2 amide bonds. The van der Waals surface area contributed by atoms with Crippen molar-refractivity contribution in [1.29, 1.82) is 0 Å². The highest BCUT2D eigenvalue weighted by Gasteiger charge is 2.29. The number of nitrogens with zero attached hydrogens (tertiary/aromatic N) is 1. The Morgan fingerprint density at radius 2 is 1.74 bits per heavy atom. The van der Waals surface area contributed by atoms with Gasteiger partial charge in [0.1, 0.15) is 0 Å². The molecule has 46 heavy (non-hydrogen) atoms. The van der Waals surface area contributed by atoms with E-state index < -0.39 is 0 Å². The van der Waals surface area contributed by atoms with Crippen LogP contribution in [-0.2, 0) is 23.1 Å². The second kappa shape index (κ2) is 14.4. The average Bonchev–Trinajstić information content (AvgIpc) is 3.24. The van der Waals surface area contributed by atoms with E-state index in [4.69, 9.17) is 14.2 Å². The smallest absolute Gasteiger partial charge is 0.224 e. The first kappa shape index (κ1) is 32.4. The van der Waals surface area contributed by atoms with Crippen molar-refractivity contribution in [3.63, 3.8) is 0 Å². The number of aromatic nitrogens is 1. The second-order valence-corrected chi connectivity index (χ2v) is 11.6.